The Kier molecular flexibility index (Phi) is 5.49. The van der Waals surface area contributed by atoms with Gasteiger partial charge in [0.15, 0.2) is 0 Å². The Labute approximate surface area is 147 Å². The number of hydrogen-bond acceptors (Lipinski definition) is 4. The van der Waals surface area contributed by atoms with Crippen molar-refractivity contribution in [3.05, 3.63) is 48.5 Å². The lowest BCUT2D eigenvalue weighted by molar-refractivity contribution is -0.142. The van der Waals surface area contributed by atoms with Crippen LogP contribution in [0.1, 0.15) is 13.8 Å². The number of anilines is 1. The third-order valence-electron chi connectivity index (χ3n) is 4.05. The number of carboxylic acid groups (broad SMARTS) is 1. The van der Waals surface area contributed by atoms with Gasteiger partial charge in [-0.3, -0.25) is 4.79 Å². The molecule has 0 radical (unpaired) electrons. The summed E-state index contributed by atoms with van der Waals surface area (Å²) in [6.45, 7) is 3.35. The summed E-state index contributed by atoms with van der Waals surface area (Å²) < 4.78 is 26.4. The second-order valence-corrected chi connectivity index (χ2v) is 8.19. The fourth-order valence-electron chi connectivity index (χ4n) is 2.67. The molecule has 0 saturated heterocycles. The third kappa shape index (κ3) is 4.00. The zero-order chi connectivity index (χ0) is 18.8. The molecule has 0 unspecified atom stereocenters. The first kappa shape index (κ1) is 19.0. The van der Waals surface area contributed by atoms with Crippen molar-refractivity contribution < 1.29 is 18.3 Å². The van der Waals surface area contributed by atoms with Gasteiger partial charge in [0.25, 0.3) is 0 Å². The van der Waals surface area contributed by atoms with Crippen LogP contribution in [-0.4, -0.2) is 36.9 Å². The van der Waals surface area contributed by atoms with E-state index in [9.17, 15) is 18.3 Å². The molecule has 3 N–H and O–H groups in total. The van der Waals surface area contributed by atoms with Crippen LogP contribution in [0.4, 0.5) is 5.69 Å². The monoisotopic (exact) mass is 362 g/mol. The van der Waals surface area contributed by atoms with Gasteiger partial charge in [-0.25, -0.2) is 8.42 Å². The van der Waals surface area contributed by atoms with Crippen molar-refractivity contribution >= 4 is 21.7 Å². The molecule has 0 spiro atoms. The molecule has 6 nitrogen and oxygen atoms in total. The van der Waals surface area contributed by atoms with Gasteiger partial charge in [0.2, 0.25) is 10.0 Å². The molecule has 0 amide bonds. The lowest BCUT2D eigenvalue weighted by Gasteiger charge is -2.27. The molecule has 0 fully saturated rings. The molecule has 0 heterocycles. The first-order valence-corrected chi connectivity index (χ1v) is 9.25. The molecule has 2 aromatic rings. The largest absolute Gasteiger partial charge is 0.480 e. The number of benzene rings is 2. The van der Waals surface area contributed by atoms with Crippen molar-refractivity contribution in [1.82, 2.24) is 4.31 Å². The molecule has 0 aliphatic carbocycles. The molecule has 0 aromatic heterocycles. The van der Waals surface area contributed by atoms with Crippen LogP contribution in [0, 0.1) is 5.92 Å². The highest BCUT2D eigenvalue weighted by Gasteiger charge is 2.34. The van der Waals surface area contributed by atoms with Gasteiger partial charge in [-0.2, -0.15) is 4.31 Å². The van der Waals surface area contributed by atoms with E-state index in [0.717, 1.165) is 15.4 Å². The third-order valence-corrected chi connectivity index (χ3v) is 5.90. The van der Waals surface area contributed by atoms with Crippen molar-refractivity contribution in [2.45, 2.75) is 24.8 Å². The first-order valence-electron chi connectivity index (χ1n) is 7.81. The average Bonchev–Trinajstić information content (AvgIpc) is 2.55. The van der Waals surface area contributed by atoms with Crippen LogP contribution in [0.5, 0.6) is 0 Å². The smallest absolute Gasteiger partial charge is 0.322 e. The maximum atomic E-state index is 12.7. The molecule has 1 atom stereocenters. The number of hydrogen-bond donors (Lipinski definition) is 2. The van der Waals surface area contributed by atoms with E-state index in [4.69, 9.17) is 5.73 Å². The van der Waals surface area contributed by atoms with E-state index in [2.05, 4.69) is 0 Å². The Morgan fingerprint density at radius 1 is 1.00 bits per heavy atom. The Balaban J connectivity index is 2.34. The van der Waals surface area contributed by atoms with E-state index in [1.54, 1.807) is 38.1 Å². The van der Waals surface area contributed by atoms with Gasteiger partial charge in [-0.1, -0.05) is 38.1 Å². The zero-order valence-electron chi connectivity index (χ0n) is 14.4. The minimum atomic E-state index is -3.90. The Morgan fingerprint density at radius 2 is 1.44 bits per heavy atom. The second kappa shape index (κ2) is 7.25. The number of sulfonamides is 1. The standard InChI is InChI=1S/C18H22N2O4S/c1-12(2)17(18(21)22)20(3)25(23,24)16-10-6-14(7-11-16)13-4-8-15(19)9-5-13/h4-12,17H,19H2,1-3H3,(H,21,22)/t17-/m0/s1. The number of aliphatic carboxylic acids is 1. The van der Waals surface area contributed by atoms with Gasteiger partial charge < -0.3 is 10.8 Å². The summed E-state index contributed by atoms with van der Waals surface area (Å²) in [5.74, 6) is -1.52. The highest BCUT2D eigenvalue weighted by Crippen LogP contribution is 2.25. The quantitative estimate of drug-likeness (QED) is 0.770. The predicted octanol–water partition coefficient (Wildman–Crippen LogP) is 2.67. The molecule has 2 aromatic carbocycles. The highest BCUT2D eigenvalue weighted by atomic mass is 32.2. The predicted molar refractivity (Wildman–Crippen MR) is 97.5 cm³/mol. The minimum absolute atomic E-state index is 0.0566. The number of carboxylic acids is 1. The van der Waals surface area contributed by atoms with Gasteiger partial charge in [0.05, 0.1) is 4.90 Å². The van der Waals surface area contributed by atoms with Gasteiger partial charge in [-0.05, 0) is 41.3 Å². The summed E-state index contributed by atoms with van der Waals surface area (Å²) in [4.78, 5) is 11.5. The molecule has 134 valence electrons. The minimum Gasteiger partial charge on any atom is -0.480 e. The molecule has 2 rings (SSSR count). The van der Waals surface area contributed by atoms with Gasteiger partial charge in [0, 0.05) is 12.7 Å². The lowest BCUT2D eigenvalue weighted by Crippen LogP contribution is -2.45. The molecular formula is C18H22N2O4S. The van der Waals surface area contributed by atoms with Crippen LogP contribution in [0.25, 0.3) is 11.1 Å². The molecule has 7 heteroatoms. The molecule has 0 saturated carbocycles. The van der Waals surface area contributed by atoms with Crippen LogP contribution in [-0.2, 0) is 14.8 Å². The maximum Gasteiger partial charge on any atom is 0.322 e. The summed E-state index contributed by atoms with van der Waals surface area (Å²) in [6.07, 6.45) is 0. The number of nitrogens with two attached hydrogens (primary N) is 1. The Hall–Kier alpha value is -2.38. The summed E-state index contributed by atoms with van der Waals surface area (Å²) >= 11 is 0. The number of nitrogens with zero attached hydrogens (tertiary/aromatic N) is 1. The van der Waals surface area contributed by atoms with E-state index >= 15 is 0 Å². The highest BCUT2D eigenvalue weighted by molar-refractivity contribution is 7.89. The van der Waals surface area contributed by atoms with Gasteiger partial charge in [0.1, 0.15) is 6.04 Å². The number of nitrogen functional groups attached to an aromatic ring is 1. The van der Waals surface area contributed by atoms with E-state index in [1.807, 2.05) is 12.1 Å². The topological polar surface area (TPSA) is 101 Å². The van der Waals surface area contributed by atoms with E-state index < -0.39 is 22.0 Å². The molecule has 0 aliphatic rings. The number of carbonyl (C=O) groups is 1. The summed E-state index contributed by atoms with van der Waals surface area (Å²) in [5.41, 5.74) is 8.08. The van der Waals surface area contributed by atoms with Crippen molar-refractivity contribution in [3.8, 4) is 11.1 Å². The van der Waals surface area contributed by atoms with E-state index in [1.165, 1.54) is 19.2 Å². The fourth-order valence-corrected chi connectivity index (χ4v) is 4.12. The van der Waals surface area contributed by atoms with E-state index in [-0.39, 0.29) is 10.8 Å². The van der Waals surface area contributed by atoms with Crippen LogP contribution in [0.15, 0.2) is 53.4 Å². The van der Waals surface area contributed by atoms with Crippen LogP contribution < -0.4 is 5.73 Å². The van der Waals surface area contributed by atoms with Crippen LogP contribution in [0.2, 0.25) is 0 Å². The van der Waals surface area contributed by atoms with Crippen LogP contribution >= 0.6 is 0 Å². The summed E-state index contributed by atoms with van der Waals surface area (Å²) in [5, 5.41) is 9.32. The molecular weight excluding hydrogens is 340 g/mol. The normalized spacial score (nSPS) is 13.2. The average molecular weight is 362 g/mol. The second-order valence-electron chi connectivity index (χ2n) is 6.19. The lowest BCUT2D eigenvalue weighted by atomic mass is 10.1. The van der Waals surface area contributed by atoms with Crippen molar-refractivity contribution in [2.75, 3.05) is 12.8 Å². The fraction of sp³-hybridized carbons (Fsp3) is 0.278. The van der Waals surface area contributed by atoms with Gasteiger partial charge in [-0.15, -0.1) is 0 Å². The summed E-state index contributed by atoms with van der Waals surface area (Å²) in [7, 11) is -2.61. The molecule has 0 aliphatic heterocycles. The number of rotatable bonds is 6. The Morgan fingerprint density at radius 3 is 1.84 bits per heavy atom. The molecule has 0 bridgehead atoms. The summed E-state index contributed by atoms with van der Waals surface area (Å²) in [6, 6.07) is 12.5. The first-order chi connectivity index (χ1) is 11.6. The zero-order valence-corrected chi connectivity index (χ0v) is 15.2. The maximum absolute atomic E-state index is 12.7. The SMILES string of the molecule is CC(C)[C@@H](C(=O)O)N(C)S(=O)(=O)c1ccc(-c2ccc(N)cc2)cc1. The van der Waals surface area contributed by atoms with E-state index in [0.29, 0.717) is 5.69 Å². The van der Waals surface area contributed by atoms with Crippen molar-refractivity contribution in [2.24, 2.45) is 5.92 Å². The number of likely N-dealkylation sites (N-methyl/N-ethyl adjacent to an activating group) is 1. The molecule has 25 heavy (non-hydrogen) atoms. The van der Waals surface area contributed by atoms with Crippen molar-refractivity contribution in [1.29, 1.82) is 0 Å². The Bertz CT molecular complexity index is 844. The van der Waals surface area contributed by atoms with Gasteiger partial charge >= 0.3 is 5.97 Å². The van der Waals surface area contributed by atoms with Crippen LogP contribution in [0.3, 0.4) is 0 Å². The van der Waals surface area contributed by atoms with Crippen molar-refractivity contribution in [3.63, 3.8) is 0 Å².